The van der Waals surface area contributed by atoms with E-state index in [9.17, 15) is 4.39 Å². The number of halogens is 1. The molecule has 5 nitrogen and oxygen atoms in total. The Morgan fingerprint density at radius 3 is 2.56 bits per heavy atom. The smallest absolute Gasteiger partial charge is 0.256 e. The van der Waals surface area contributed by atoms with Gasteiger partial charge in [0.2, 0.25) is 5.69 Å². The number of nitriles is 2. The van der Waals surface area contributed by atoms with Crippen LogP contribution in [0.1, 0.15) is 11.3 Å². The molecule has 0 spiro atoms. The maximum atomic E-state index is 13.3. The first kappa shape index (κ1) is 11.5. The lowest BCUT2D eigenvalue weighted by atomic mass is 10.2. The van der Waals surface area contributed by atoms with Crippen molar-refractivity contribution in [2.75, 3.05) is 0 Å². The summed E-state index contributed by atoms with van der Waals surface area (Å²) in [5, 5.41) is 17.4. The summed E-state index contributed by atoms with van der Waals surface area (Å²) in [6, 6.07) is 7.26. The number of hydrogen-bond donors (Lipinski definition) is 0. The third kappa shape index (κ3) is 2.23. The van der Waals surface area contributed by atoms with Crippen LogP contribution < -0.4 is 4.74 Å². The van der Waals surface area contributed by atoms with Crippen LogP contribution in [0, 0.1) is 28.5 Å². The zero-order valence-electron chi connectivity index (χ0n) is 8.96. The fourth-order valence-corrected chi connectivity index (χ4v) is 1.24. The molecule has 0 aliphatic heterocycles. The molecular formula is C12H5FN4O. The molecule has 0 amide bonds. The van der Waals surface area contributed by atoms with Crippen molar-refractivity contribution >= 4 is 0 Å². The summed E-state index contributed by atoms with van der Waals surface area (Å²) in [7, 11) is 0. The fraction of sp³-hybridized carbons (Fsp3) is 0. The molecule has 0 aliphatic carbocycles. The van der Waals surface area contributed by atoms with Gasteiger partial charge in [0, 0.05) is 18.5 Å². The Bertz CT molecular complexity index is 673. The van der Waals surface area contributed by atoms with E-state index in [0.717, 1.165) is 6.07 Å². The Morgan fingerprint density at radius 1 is 1.11 bits per heavy atom. The Kier molecular flexibility index (Phi) is 3.13. The monoisotopic (exact) mass is 240 g/mol. The van der Waals surface area contributed by atoms with E-state index in [-0.39, 0.29) is 22.9 Å². The molecule has 0 saturated heterocycles. The maximum absolute atomic E-state index is 13.3. The Morgan fingerprint density at radius 2 is 1.89 bits per heavy atom. The van der Waals surface area contributed by atoms with Crippen LogP contribution in [0.15, 0.2) is 30.6 Å². The summed E-state index contributed by atoms with van der Waals surface area (Å²) in [6.07, 6.45) is 2.71. The first-order valence-electron chi connectivity index (χ1n) is 4.83. The molecule has 1 heterocycles. The molecule has 6 heteroatoms. The molecule has 0 radical (unpaired) electrons. The van der Waals surface area contributed by atoms with Gasteiger partial charge in [-0.05, 0) is 12.1 Å². The molecule has 86 valence electrons. The van der Waals surface area contributed by atoms with Gasteiger partial charge < -0.3 is 4.74 Å². The summed E-state index contributed by atoms with van der Waals surface area (Å²) >= 11 is 0. The predicted octanol–water partition coefficient (Wildman–Crippen LogP) is 2.15. The molecular weight excluding hydrogens is 235 g/mol. The lowest BCUT2D eigenvalue weighted by Crippen LogP contribution is -1.95. The minimum absolute atomic E-state index is 0.00210. The van der Waals surface area contributed by atoms with Gasteiger partial charge in [0.25, 0.3) is 5.88 Å². The Hall–Kier alpha value is -2.99. The van der Waals surface area contributed by atoms with Crippen LogP contribution in [0.25, 0.3) is 0 Å². The average Bonchev–Trinajstić information content (AvgIpc) is 2.39. The van der Waals surface area contributed by atoms with E-state index >= 15 is 0 Å². The van der Waals surface area contributed by atoms with Crippen LogP contribution in [0.2, 0.25) is 0 Å². The van der Waals surface area contributed by atoms with E-state index < -0.39 is 5.82 Å². The van der Waals surface area contributed by atoms with Gasteiger partial charge >= 0.3 is 0 Å². The Balaban J connectivity index is 2.33. The molecule has 2 rings (SSSR count). The zero-order valence-corrected chi connectivity index (χ0v) is 8.96. The second-order valence-electron chi connectivity index (χ2n) is 3.18. The fourth-order valence-electron chi connectivity index (χ4n) is 1.24. The highest BCUT2D eigenvalue weighted by Crippen LogP contribution is 2.23. The highest BCUT2D eigenvalue weighted by Gasteiger charge is 2.09. The zero-order chi connectivity index (χ0) is 13.0. The highest BCUT2D eigenvalue weighted by molar-refractivity contribution is 5.39. The largest absolute Gasteiger partial charge is 0.436 e. The highest BCUT2D eigenvalue weighted by atomic mass is 19.1. The van der Waals surface area contributed by atoms with Crippen LogP contribution in [-0.4, -0.2) is 9.97 Å². The van der Waals surface area contributed by atoms with E-state index in [2.05, 4.69) is 9.97 Å². The van der Waals surface area contributed by atoms with Crippen molar-refractivity contribution in [3.05, 3.63) is 47.7 Å². The molecule has 0 fully saturated rings. The first-order chi connectivity index (χ1) is 8.74. The van der Waals surface area contributed by atoms with Gasteiger partial charge in [-0.1, -0.05) is 0 Å². The van der Waals surface area contributed by atoms with Gasteiger partial charge in [-0.3, -0.25) is 0 Å². The van der Waals surface area contributed by atoms with Crippen LogP contribution in [0.3, 0.4) is 0 Å². The second kappa shape index (κ2) is 4.89. The molecule has 0 saturated carbocycles. The van der Waals surface area contributed by atoms with E-state index in [4.69, 9.17) is 15.3 Å². The van der Waals surface area contributed by atoms with Crippen molar-refractivity contribution in [3.8, 4) is 23.8 Å². The van der Waals surface area contributed by atoms with Crippen LogP contribution in [0.5, 0.6) is 11.6 Å². The van der Waals surface area contributed by atoms with E-state index in [1.54, 1.807) is 6.07 Å². The van der Waals surface area contributed by atoms with Crippen LogP contribution >= 0.6 is 0 Å². The third-order valence-electron chi connectivity index (χ3n) is 2.05. The van der Waals surface area contributed by atoms with Gasteiger partial charge in [0.05, 0.1) is 5.56 Å². The molecule has 2 aromatic rings. The van der Waals surface area contributed by atoms with E-state index in [0.29, 0.717) is 0 Å². The minimum atomic E-state index is -0.697. The van der Waals surface area contributed by atoms with Crippen molar-refractivity contribution in [2.45, 2.75) is 0 Å². The Labute approximate surface area is 102 Å². The second-order valence-corrected chi connectivity index (χ2v) is 3.18. The van der Waals surface area contributed by atoms with Gasteiger partial charge in [0.15, 0.2) is 0 Å². The molecule has 0 bridgehead atoms. The van der Waals surface area contributed by atoms with Gasteiger partial charge in [-0.25, -0.2) is 14.4 Å². The molecule has 1 aromatic heterocycles. The summed E-state index contributed by atoms with van der Waals surface area (Å²) in [6.45, 7) is 0. The maximum Gasteiger partial charge on any atom is 0.256 e. The minimum Gasteiger partial charge on any atom is -0.436 e. The lowest BCUT2D eigenvalue weighted by Gasteiger charge is -2.05. The standard InChI is InChI=1S/C12H5FN4O/c13-10-5-9(2-1-8(10)6-14)18-12-11(7-15)16-3-4-17-12/h1-5H. The van der Waals surface area contributed by atoms with Gasteiger partial charge in [-0.2, -0.15) is 10.5 Å². The molecule has 0 N–H and O–H groups in total. The number of rotatable bonds is 2. The number of benzene rings is 1. The van der Waals surface area contributed by atoms with Crippen molar-refractivity contribution in [1.82, 2.24) is 9.97 Å². The number of hydrogen-bond acceptors (Lipinski definition) is 5. The van der Waals surface area contributed by atoms with Crippen LogP contribution in [0.4, 0.5) is 4.39 Å². The lowest BCUT2D eigenvalue weighted by molar-refractivity contribution is 0.453. The number of ether oxygens (including phenoxy) is 1. The summed E-state index contributed by atoms with van der Waals surface area (Å²) in [4.78, 5) is 7.58. The van der Waals surface area contributed by atoms with Crippen LogP contribution in [-0.2, 0) is 0 Å². The number of nitrogens with zero attached hydrogens (tertiary/aromatic N) is 4. The predicted molar refractivity (Wildman–Crippen MR) is 57.9 cm³/mol. The van der Waals surface area contributed by atoms with Crippen molar-refractivity contribution in [2.24, 2.45) is 0 Å². The molecule has 1 aromatic carbocycles. The SMILES string of the molecule is N#Cc1ccc(Oc2nccnc2C#N)cc1F. The topological polar surface area (TPSA) is 82.6 Å². The summed E-state index contributed by atoms with van der Waals surface area (Å²) in [5.41, 5.74) is -0.0794. The molecule has 18 heavy (non-hydrogen) atoms. The summed E-state index contributed by atoms with van der Waals surface area (Å²) in [5.74, 6) is -0.565. The van der Waals surface area contributed by atoms with Gasteiger partial charge in [-0.15, -0.1) is 0 Å². The normalized spacial score (nSPS) is 9.28. The van der Waals surface area contributed by atoms with Crippen molar-refractivity contribution < 1.29 is 9.13 Å². The van der Waals surface area contributed by atoms with E-state index in [1.165, 1.54) is 24.5 Å². The summed E-state index contributed by atoms with van der Waals surface area (Å²) < 4.78 is 18.6. The average molecular weight is 240 g/mol. The molecule has 0 unspecified atom stereocenters. The van der Waals surface area contributed by atoms with E-state index in [1.807, 2.05) is 6.07 Å². The molecule has 0 atom stereocenters. The van der Waals surface area contributed by atoms with Crippen molar-refractivity contribution in [1.29, 1.82) is 10.5 Å². The first-order valence-corrected chi connectivity index (χ1v) is 4.83. The molecule has 0 aliphatic rings. The number of aromatic nitrogens is 2. The third-order valence-corrected chi connectivity index (χ3v) is 2.05. The quantitative estimate of drug-likeness (QED) is 0.803. The van der Waals surface area contributed by atoms with Crippen molar-refractivity contribution in [3.63, 3.8) is 0 Å². The van der Waals surface area contributed by atoms with Gasteiger partial charge in [0.1, 0.15) is 23.7 Å².